The summed E-state index contributed by atoms with van der Waals surface area (Å²) in [6.07, 6.45) is 0.325. The van der Waals surface area contributed by atoms with Gasteiger partial charge in [-0.1, -0.05) is 6.07 Å². The van der Waals surface area contributed by atoms with Crippen molar-refractivity contribution in [2.45, 2.75) is 25.5 Å². The SMILES string of the molecule is COc1cc(C(C)(C)N)ccc1OC1CSC1. The van der Waals surface area contributed by atoms with Crippen molar-refractivity contribution in [3.8, 4) is 11.5 Å². The molecule has 0 unspecified atom stereocenters. The third kappa shape index (κ3) is 2.87. The van der Waals surface area contributed by atoms with Gasteiger partial charge in [0.15, 0.2) is 11.5 Å². The van der Waals surface area contributed by atoms with E-state index >= 15 is 0 Å². The topological polar surface area (TPSA) is 44.5 Å². The first-order valence-electron chi connectivity index (χ1n) is 5.72. The van der Waals surface area contributed by atoms with Crippen LogP contribution < -0.4 is 15.2 Å². The Hall–Kier alpha value is -0.870. The summed E-state index contributed by atoms with van der Waals surface area (Å²) in [5.41, 5.74) is 6.75. The van der Waals surface area contributed by atoms with E-state index < -0.39 is 0 Å². The maximum Gasteiger partial charge on any atom is 0.161 e. The van der Waals surface area contributed by atoms with Crippen LogP contribution in [0.1, 0.15) is 19.4 Å². The van der Waals surface area contributed by atoms with Gasteiger partial charge in [-0.25, -0.2) is 0 Å². The molecule has 1 fully saturated rings. The van der Waals surface area contributed by atoms with Crippen LogP contribution in [0.2, 0.25) is 0 Å². The molecule has 0 bridgehead atoms. The van der Waals surface area contributed by atoms with E-state index in [2.05, 4.69) is 0 Å². The van der Waals surface area contributed by atoms with Gasteiger partial charge in [0.1, 0.15) is 6.10 Å². The summed E-state index contributed by atoms with van der Waals surface area (Å²) >= 11 is 1.90. The van der Waals surface area contributed by atoms with Crippen LogP contribution in [-0.2, 0) is 5.54 Å². The summed E-state index contributed by atoms with van der Waals surface area (Å²) in [6, 6.07) is 5.91. The first-order valence-corrected chi connectivity index (χ1v) is 6.88. The fourth-order valence-corrected chi connectivity index (χ4v) is 2.19. The van der Waals surface area contributed by atoms with Gasteiger partial charge < -0.3 is 15.2 Å². The largest absolute Gasteiger partial charge is 0.493 e. The molecule has 1 aromatic carbocycles. The second-order valence-electron chi connectivity index (χ2n) is 4.86. The summed E-state index contributed by atoms with van der Waals surface area (Å²) in [5, 5.41) is 0. The second-order valence-corrected chi connectivity index (χ2v) is 5.94. The first kappa shape index (κ1) is 12.6. The van der Waals surface area contributed by atoms with Gasteiger partial charge in [-0.2, -0.15) is 11.8 Å². The predicted molar refractivity (Wildman–Crippen MR) is 71.9 cm³/mol. The van der Waals surface area contributed by atoms with Crippen molar-refractivity contribution >= 4 is 11.8 Å². The number of hydrogen-bond acceptors (Lipinski definition) is 4. The Morgan fingerprint density at radius 3 is 2.47 bits per heavy atom. The molecule has 1 heterocycles. The molecular weight excluding hydrogens is 234 g/mol. The molecule has 0 amide bonds. The minimum absolute atomic E-state index is 0.325. The van der Waals surface area contributed by atoms with Crippen molar-refractivity contribution in [1.29, 1.82) is 0 Å². The van der Waals surface area contributed by atoms with E-state index in [9.17, 15) is 0 Å². The fourth-order valence-electron chi connectivity index (χ4n) is 1.63. The molecule has 1 aliphatic heterocycles. The van der Waals surface area contributed by atoms with Crippen LogP contribution >= 0.6 is 11.8 Å². The van der Waals surface area contributed by atoms with Gasteiger partial charge >= 0.3 is 0 Å². The second kappa shape index (κ2) is 4.78. The van der Waals surface area contributed by atoms with E-state index in [0.717, 1.165) is 28.6 Å². The third-order valence-electron chi connectivity index (χ3n) is 2.81. The standard InChI is InChI=1S/C13H19NO2S/c1-13(2,14)9-4-5-11(12(6-9)15-3)16-10-7-17-8-10/h4-6,10H,7-8,14H2,1-3H3. The molecule has 94 valence electrons. The minimum atomic E-state index is -0.363. The molecule has 4 heteroatoms. The number of benzene rings is 1. The molecule has 2 N–H and O–H groups in total. The van der Waals surface area contributed by atoms with E-state index in [-0.39, 0.29) is 5.54 Å². The van der Waals surface area contributed by atoms with Crippen molar-refractivity contribution in [3.63, 3.8) is 0 Å². The zero-order valence-electron chi connectivity index (χ0n) is 10.5. The summed E-state index contributed by atoms with van der Waals surface area (Å²) in [7, 11) is 1.66. The lowest BCUT2D eigenvalue weighted by Crippen LogP contribution is -2.31. The minimum Gasteiger partial charge on any atom is -0.493 e. The van der Waals surface area contributed by atoms with Crippen molar-refractivity contribution in [3.05, 3.63) is 23.8 Å². The highest BCUT2D eigenvalue weighted by Crippen LogP contribution is 2.34. The molecule has 3 nitrogen and oxygen atoms in total. The Bertz CT molecular complexity index is 397. The fraction of sp³-hybridized carbons (Fsp3) is 0.538. The third-order valence-corrected chi connectivity index (χ3v) is 4.02. The van der Waals surface area contributed by atoms with Crippen LogP contribution in [-0.4, -0.2) is 24.7 Å². The molecule has 1 aromatic rings. The lowest BCUT2D eigenvalue weighted by Gasteiger charge is -2.27. The summed E-state index contributed by atoms with van der Waals surface area (Å²) in [5.74, 6) is 3.70. The summed E-state index contributed by atoms with van der Waals surface area (Å²) < 4.78 is 11.2. The zero-order chi connectivity index (χ0) is 12.5. The van der Waals surface area contributed by atoms with Gasteiger partial charge in [0.25, 0.3) is 0 Å². The lowest BCUT2D eigenvalue weighted by molar-refractivity contribution is 0.228. The summed E-state index contributed by atoms with van der Waals surface area (Å²) in [4.78, 5) is 0. The molecule has 2 rings (SSSR count). The highest BCUT2D eigenvalue weighted by Gasteiger charge is 2.22. The highest BCUT2D eigenvalue weighted by atomic mass is 32.2. The van der Waals surface area contributed by atoms with Gasteiger partial charge in [0.2, 0.25) is 0 Å². The Morgan fingerprint density at radius 2 is 2.00 bits per heavy atom. The van der Waals surface area contributed by atoms with Gasteiger partial charge in [0, 0.05) is 17.0 Å². The van der Waals surface area contributed by atoms with Gasteiger partial charge in [0.05, 0.1) is 7.11 Å². The van der Waals surface area contributed by atoms with Crippen molar-refractivity contribution in [1.82, 2.24) is 0 Å². The Labute approximate surface area is 107 Å². The van der Waals surface area contributed by atoms with Gasteiger partial charge in [-0.15, -0.1) is 0 Å². The Balaban J connectivity index is 2.21. The van der Waals surface area contributed by atoms with Crippen LogP contribution in [0, 0.1) is 0 Å². The predicted octanol–water partition coefficient (Wildman–Crippen LogP) is 2.38. The smallest absolute Gasteiger partial charge is 0.161 e. The molecule has 0 atom stereocenters. The van der Waals surface area contributed by atoms with E-state index in [1.165, 1.54) is 0 Å². The molecule has 0 saturated carbocycles. The molecule has 1 saturated heterocycles. The van der Waals surface area contributed by atoms with Gasteiger partial charge in [-0.05, 0) is 31.5 Å². The molecular formula is C13H19NO2S. The van der Waals surface area contributed by atoms with Crippen LogP contribution in [0.4, 0.5) is 0 Å². The normalized spacial score (nSPS) is 16.5. The maximum atomic E-state index is 6.07. The molecule has 0 radical (unpaired) electrons. The molecule has 0 aliphatic carbocycles. The highest BCUT2D eigenvalue weighted by molar-refractivity contribution is 8.00. The van der Waals surface area contributed by atoms with Crippen molar-refractivity contribution < 1.29 is 9.47 Å². The average Bonchev–Trinajstić information content (AvgIpc) is 2.22. The molecule has 0 spiro atoms. The molecule has 17 heavy (non-hydrogen) atoms. The zero-order valence-corrected chi connectivity index (χ0v) is 11.3. The number of rotatable bonds is 4. The first-order chi connectivity index (χ1) is 8.00. The average molecular weight is 253 g/mol. The Morgan fingerprint density at radius 1 is 1.29 bits per heavy atom. The monoisotopic (exact) mass is 253 g/mol. The van der Waals surface area contributed by atoms with Crippen LogP contribution in [0.25, 0.3) is 0 Å². The van der Waals surface area contributed by atoms with E-state index in [1.807, 2.05) is 43.8 Å². The van der Waals surface area contributed by atoms with Gasteiger partial charge in [-0.3, -0.25) is 0 Å². The van der Waals surface area contributed by atoms with Crippen LogP contribution in [0.5, 0.6) is 11.5 Å². The lowest BCUT2D eigenvalue weighted by atomic mass is 9.95. The number of methoxy groups -OCH3 is 1. The van der Waals surface area contributed by atoms with Crippen molar-refractivity contribution in [2.24, 2.45) is 5.73 Å². The van der Waals surface area contributed by atoms with Crippen LogP contribution in [0.3, 0.4) is 0 Å². The Kier molecular flexibility index (Phi) is 3.54. The van der Waals surface area contributed by atoms with E-state index in [0.29, 0.717) is 6.10 Å². The number of thioether (sulfide) groups is 1. The van der Waals surface area contributed by atoms with E-state index in [1.54, 1.807) is 7.11 Å². The summed E-state index contributed by atoms with van der Waals surface area (Å²) in [6.45, 7) is 3.95. The number of hydrogen-bond donors (Lipinski definition) is 1. The maximum absolute atomic E-state index is 6.07. The number of ether oxygens (including phenoxy) is 2. The quantitative estimate of drug-likeness (QED) is 0.895. The number of nitrogens with two attached hydrogens (primary N) is 1. The van der Waals surface area contributed by atoms with Crippen molar-refractivity contribution in [2.75, 3.05) is 18.6 Å². The molecule has 1 aliphatic rings. The molecule has 0 aromatic heterocycles. The van der Waals surface area contributed by atoms with E-state index in [4.69, 9.17) is 15.2 Å². The van der Waals surface area contributed by atoms with Crippen LogP contribution in [0.15, 0.2) is 18.2 Å².